The molecule has 0 aliphatic carbocycles. The summed E-state index contributed by atoms with van der Waals surface area (Å²) < 4.78 is 6.72. The minimum absolute atomic E-state index is 0.142. The second-order valence-corrected chi connectivity index (χ2v) is 9.04. The number of rotatable bonds is 10. The van der Waals surface area contributed by atoms with Gasteiger partial charge < -0.3 is 10.1 Å². The van der Waals surface area contributed by atoms with Gasteiger partial charge in [0.25, 0.3) is 0 Å². The first-order chi connectivity index (χ1) is 16.4. The van der Waals surface area contributed by atoms with Gasteiger partial charge >= 0.3 is 0 Å². The lowest BCUT2D eigenvalue weighted by atomic mass is 10.2. The topological polar surface area (TPSA) is 79.8 Å². The van der Waals surface area contributed by atoms with Gasteiger partial charge in [-0.25, -0.2) is 5.43 Å². The Kier molecular flexibility index (Phi) is 9.94. The lowest BCUT2D eigenvalue weighted by molar-refractivity contribution is -0.121. The number of anilines is 1. The number of hydrogen-bond acceptors (Lipinski definition) is 4. The van der Waals surface area contributed by atoms with Gasteiger partial charge in [0, 0.05) is 23.0 Å². The maximum atomic E-state index is 12.0. The third kappa shape index (κ3) is 8.82. The average Bonchev–Trinajstić information content (AvgIpc) is 2.82. The summed E-state index contributed by atoms with van der Waals surface area (Å²) in [6, 6.07) is 19.9. The van der Waals surface area contributed by atoms with Crippen LogP contribution in [0.2, 0.25) is 10.0 Å². The van der Waals surface area contributed by atoms with Gasteiger partial charge in [0.15, 0.2) is 0 Å². The van der Waals surface area contributed by atoms with Crippen molar-refractivity contribution in [1.82, 2.24) is 5.43 Å². The molecule has 3 rings (SSSR count). The van der Waals surface area contributed by atoms with Gasteiger partial charge in [-0.05, 0) is 66.1 Å². The van der Waals surface area contributed by atoms with Crippen molar-refractivity contribution in [2.45, 2.75) is 25.9 Å². The second-order valence-electron chi connectivity index (χ2n) is 7.31. The molecule has 2 N–H and O–H groups in total. The van der Waals surface area contributed by atoms with Crippen molar-refractivity contribution in [1.29, 1.82) is 0 Å². The van der Waals surface area contributed by atoms with E-state index in [1.54, 1.807) is 30.3 Å². The van der Waals surface area contributed by atoms with Gasteiger partial charge in [0.1, 0.15) is 12.4 Å². The molecule has 0 spiro atoms. The van der Waals surface area contributed by atoms with E-state index in [0.717, 1.165) is 15.6 Å². The Morgan fingerprint density at radius 1 is 0.941 bits per heavy atom. The first kappa shape index (κ1) is 25.7. The van der Waals surface area contributed by atoms with Crippen LogP contribution in [0.1, 0.15) is 30.4 Å². The van der Waals surface area contributed by atoms with E-state index in [2.05, 4.69) is 31.8 Å². The highest BCUT2D eigenvalue weighted by Gasteiger charge is 2.06. The van der Waals surface area contributed by atoms with Crippen LogP contribution in [-0.2, 0) is 16.2 Å². The first-order valence-corrected chi connectivity index (χ1v) is 12.0. The van der Waals surface area contributed by atoms with Crippen molar-refractivity contribution >= 4 is 62.8 Å². The molecule has 0 aliphatic heterocycles. The van der Waals surface area contributed by atoms with E-state index in [9.17, 15) is 9.59 Å². The Morgan fingerprint density at radius 2 is 1.71 bits per heavy atom. The molecule has 0 atom stereocenters. The average molecular weight is 563 g/mol. The van der Waals surface area contributed by atoms with Gasteiger partial charge in [-0.2, -0.15) is 5.10 Å². The summed E-state index contributed by atoms with van der Waals surface area (Å²) in [6.45, 7) is 0.337. The molecule has 0 radical (unpaired) electrons. The zero-order valence-electron chi connectivity index (χ0n) is 18.1. The van der Waals surface area contributed by atoms with Crippen molar-refractivity contribution in [3.05, 3.63) is 92.4 Å². The number of halogens is 3. The fourth-order valence-corrected chi connectivity index (χ4v) is 3.47. The number of amides is 2. The maximum absolute atomic E-state index is 12.0. The summed E-state index contributed by atoms with van der Waals surface area (Å²) in [6.07, 6.45) is 2.38. The molecule has 0 saturated heterocycles. The number of carbonyl (C=O) groups is 2. The Labute approximate surface area is 216 Å². The van der Waals surface area contributed by atoms with Crippen LogP contribution >= 0.6 is 39.1 Å². The van der Waals surface area contributed by atoms with Gasteiger partial charge in [-0.1, -0.05) is 57.3 Å². The highest BCUT2D eigenvalue weighted by molar-refractivity contribution is 9.10. The Bertz CT molecular complexity index is 1170. The summed E-state index contributed by atoms with van der Waals surface area (Å²) in [7, 11) is 0. The van der Waals surface area contributed by atoms with Crippen LogP contribution in [0.15, 0.2) is 76.3 Å². The molecule has 9 heteroatoms. The minimum atomic E-state index is -0.264. The van der Waals surface area contributed by atoms with E-state index in [4.69, 9.17) is 27.9 Å². The highest BCUT2D eigenvalue weighted by atomic mass is 79.9. The summed E-state index contributed by atoms with van der Waals surface area (Å²) in [5.41, 5.74) is 4.85. The molecule has 34 heavy (non-hydrogen) atoms. The van der Waals surface area contributed by atoms with E-state index in [1.807, 2.05) is 36.4 Å². The molecule has 0 bridgehead atoms. The second kappa shape index (κ2) is 13.1. The van der Waals surface area contributed by atoms with Crippen molar-refractivity contribution in [2.75, 3.05) is 5.32 Å². The highest BCUT2D eigenvalue weighted by Crippen LogP contribution is 2.23. The van der Waals surface area contributed by atoms with Crippen LogP contribution < -0.4 is 15.5 Å². The third-order valence-electron chi connectivity index (χ3n) is 4.59. The van der Waals surface area contributed by atoms with Gasteiger partial charge in [-0.15, -0.1) is 0 Å². The fraction of sp³-hybridized carbons (Fsp3) is 0.160. The largest absolute Gasteiger partial charge is 0.489 e. The molecule has 0 unspecified atom stereocenters. The molecule has 0 saturated carbocycles. The van der Waals surface area contributed by atoms with Gasteiger partial charge in [-0.3, -0.25) is 9.59 Å². The van der Waals surface area contributed by atoms with Crippen molar-refractivity contribution < 1.29 is 14.3 Å². The summed E-state index contributed by atoms with van der Waals surface area (Å²) in [4.78, 5) is 24.0. The van der Waals surface area contributed by atoms with E-state index in [0.29, 0.717) is 34.5 Å². The van der Waals surface area contributed by atoms with Crippen molar-refractivity contribution in [2.24, 2.45) is 5.10 Å². The number of hydrazone groups is 1. The molecule has 0 aromatic heterocycles. The molecule has 6 nitrogen and oxygen atoms in total. The monoisotopic (exact) mass is 561 g/mol. The maximum Gasteiger partial charge on any atom is 0.240 e. The van der Waals surface area contributed by atoms with Crippen LogP contribution in [0.3, 0.4) is 0 Å². The molecule has 0 fully saturated rings. The van der Waals surface area contributed by atoms with E-state index >= 15 is 0 Å². The Morgan fingerprint density at radius 3 is 2.47 bits per heavy atom. The normalized spacial score (nSPS) is 10.8. The predicted octanol–water partition coefficient (Wildman–Crippen LogP) is 6.59. The summed E-state index contributed by atoms with van der Waals surface area (Å²) >= 11 is 15.3. The molecule has 0 aliphatic rings. The molecular weight excluding hydrogens is 541 g/mol. The quantitative estimate of drug-likeness (QED) is 0.216. The van der Waals surface area contributed by atoms with Crippen molar-refractivity contribution in [3.8, 4) is 5.75 Å². The van der Waals surface area contributed by atoms with Gasteiger partial charge in [0.05, 0.1) is 16.3 Å². The third-order valence-corrected chi connectivity index (χ3v) is 5.85. The molecular formula is C25H22BrCl2N3O3. The molecule has 3 aromatic carbocycles. The van der Waals surface area contributed by atoms with Gasteiger partial charge in [0.2, 0.25) is 11.8 Å². The summed E-state index contributed by atoms with van der Waals surface area (Å²) in [5, 5.41) is 7.74. The Hall–Kier alpha value is -2.87. The molecule has 2 amide bonds. The zero-order valence-corrected chi connectivity index (χ0v) is 21.2. The fourth-order valence-electron chi connectivity index (χ4n) is 2.88. The number of hydrogen-bond donors (Lipinski definition) is 2. The lowest BCUT2D eigenvalue weighted by Crippen LogP contribution is -2.18. The number of ether oxygens (including phenoxy) is 1. The van der Waals surface area contributed by atoms with E-state index in [-0.39, 0.29) is 24.7 Å². The number of nitrogens with one attached hydrogen (secondary N) is 2. The smallest absolute Gasteiger partial charge is 0.240 e. The number of carbonyl (C=O) groups excluding carboxylic acids is 2. The zero-order chi connectivity index (χ0) is 24.3. The first-order valence-electron chi connectivity index (χ1n) is 10.4. The number of nitrogens with zero attached hydrogens (tertiary/aromatic N) is 1. The Balaban J connectivity index is 1.38. The van der Waals surface area contributed by atoms with E-state index in [1.165, 1.54) is 6.21 Å². The number of benzene rings is 3. The van der Waals surface area contributed by atoms with Crippen LogP contribution in [0.25, 0.3) is 0 Å². The minimum Gasteiger partial charge on any atom is -0.489 e. The standard InChI is InChI=1S/C25H22BrCl2N3O3/c26-19-8-10-20(11-9-19)30-24(32)5-2-6-25(33)31-29-15-17-3-1-4-21(13-17)34-16-18-7-12-22(27)23(28)14-18/h1,3-4,7-15H,2,5-6,16H2,(H,30,32)(H,31,33)/b29-15-. The summed E-state index contributed by atoms with van der Waals surface area (Å²) in [5.74, 6) is 0.245. The van der Waals surface area contributed by atoms with Crippen molar-refractivity contribution in [3.63, 3.8) is 0 Å². The van der Waals surface area contributed by atoms with E-state index < -0.39 is 0 Å². The van der Waals surface area contributed by atoms with Crippen LogP contribution in [0.5, 0.6) is 5.75 Å². The lowest BCUT2D eigenvalue weighted by Gasteiger charge is -2.08. The SMILES string of the molecule is O=C(CCCC(=O)Nc1ccc(Br)cc1)N/N=C\c1cccc(OCc2ccc(Cl)c(Cl)c2)c1. The van der Waals surface area contributed by atoms with Crippen LogP contribution in [0.4, 0.5) is 5.69 Å². The molecule has 0 heterocycles. The van der Waals surface area contributed by atoms with Crippen LogP contribution in [-0.4, -0.2) is 18.0 Å². The van der Waals surface area contributed by atoms with Crippen LogP contribution in [0, 0.1) is 0 Å². The molecule has 3 aromatic rings. The molecule has 176 valence electrons. The predicted molar refractivity (Wildman–Crippen MR) is 140 cm³/mol.